The molecule has 0 fully saturated rings. The molecule has 0 amide bonds. The molecule has 2 heterocycles. The van der Waals surface area contributed by atoms with Crippen molar-refractivity contribution >= 4 is 0 Å². The Hall–Kier alpha value is -2.56. The number of halogens is 1. The Morgan fingerprint density at radius 3 is 2.64 bits per heavy atom. The molecular weight excluding hydrogens is 315 g/mol. The van der Waals surface area contributed by atoms with Gasteiger partial charge in [0.25, 0.3) is 0 Å². The van der Waals surface area contributed by atoms with Crippen LogP contribution in [-0.2, 0) is 18.4 Å². The van der Waals surface area contributed by atoms with Crippen LogP contribution in [-0.4, -0.2) is 19.7 Å². The monoisotopic (exact) mass is 336 g/mol. The molecule has 0 saturated carbocycles. The first-order valence-electron chi connectivity index (χ1n) is 8.67. The lowest BCUT2D eigenvalue weighted by Crippen LogP contribution is -2.27. The van der Waals surface area contributed by atoms with E-state index in [2.05, 4.69) is 23.8 Å². The molecule has 0 radical (unpaired) electrons. The van der Waals surface area contributed by atoms with Crippen molar-refractivity contribution < 1.29 is 4.39 Å². The minimum Gasteiger partial charge on any atom is -0.263 e. The molecule has 0 spiro atoms. The van der Waals surface area contributed by atoms with E-state index in [0.29, 0.717) is 17.9 Å². The second kappa shape index (κ2) is 6.06. The van der Waals surface area contributed by atoms with E-state index in [0.717, 1.165) is 25.0 Å². The van der Waals surface area contributed by atoms with Crippen molar-refractivity contribution in [2.75, 3.05) is 0 Å². The van der Waals surface area contributed by atoms with Gasteiger partial charge < -0.3 is 0 Å². The van der Waals surface area contributed by atoms with E-state index in [1.54, 1.807) is 24.5 Å². The second-order valence-corrected chi connectivity index (χ2v) is 7.23. The highest BCUT2D eigenvalue weighted by molar-refractivity contribution is 5.58. The van der Waals surface area contributed by atoms with Crippen LogP contribution >= 0.6 is 0 Å². The fourth-order valence-electron chi connectivity index (χ4n) is 3.82. The van der Waals surface area contributed by atoms with Gasteiger partial charge in [0.15, 0.2) is 5.82 Å². The molecule has 1 aliphatic carbocycles. The van der Waals surface area contributed by atoms with E-state index in [9.17, 15) is 4.39 Å². The third-order valence-electron chi connectivity index (χ3n) is 4.98. The summed E-state index contributed by atoms with van der Waals surface area (Å²) in [6, 6.07) is 8.69. The summed E-state index contributed by atoms with van der Waals surface area (Å²) >= 11 is 0. The number of hydrogen-bond donors (Lipinski definition) is 0. The summed E-state index contributed by atoms with van der Waals surface area (Å²) in [5.74, 6) is 0.446. The summed E-state index contributed by atoms with van der Waals surface area (Å²) in [5, 5.41) is 4.82. The molecule has 0 unspecified atom stereocenters. The minimum absolute atomic E-state index is 0.00112. The maximum absolute atomic E-state index is 14.2. The van der Waals surface area contributed by atoms with E-state index < -0.39 is 0 Å². The molecule has 4 nitrogen and oxygen atoms in total. The largest absolute Gasteiger partial charge is 0.263 e. The second-order valence-electron chi connectivity index (χ2n) is 7.23. The number of nitrogens with zero attached hydrogens (tertiary/aromatic N) is 4. The Balaban J connectivity index is 1.87. The Labute approximate surface area is 146 Å². The van der Waals surface area contributed by atoms with Gasteiger partial charge in [-0.2, -0.15) is 5.10 Å². The van der Waals surface area contributed by atoms with Crippen LogP contribution in [0.2, 0.25) is 0 Å². The molecule has 25 heavy (non-hydrogen) atoms. The first kappa shape index (κ1) is 15.9. The van der Waals surface area contributed by atoms with Crippen LogP contribution in [0, 0.1) is 5.82 Å². The SMILES string of the molecule is CC1(C)CCCc2c(-c3ncccn3)nn(Cc3ccccc3F)c21. The Bertz CT molecular complexity index is 899. The van der Waals surface area contributed by atoms with Gasteiger partial charge in [-0.3, -0.25) is 4.68 Å². The first-order valence-corrected chi connectivity index (χ1v) is 8.67. The van der Waals surface area contributed by atoms with E-state index in [-0.39, 0.29) is 11.2 Å². The van der Waals surface area contributed by atoms with Crippen molar-refractivity contribution in [3.05, 3.63) is 65.4 Å². The number of benzene rings is 1. The molecule has 1 aliphatic rings. The summed E-state index contributed by atoms with van der Waals surface area (Å²) in [7, 11) is 0. The predicted molar refractivity (Wildman–Crippen MR) is 94.7 cm³/mol. The summed E-state index contributed by atoms with van der Waals surface area (Å²) < 4.78 is 16.1. The van der Waals surface area contributed by atoms with Gasteiger partial charge in [-0.05, 0) is 31.4 Å². The zero-order valence-electron chi connectivity index (χ0n) is 14.5. The normalized spacial score (nSPS) is 15.8. The number of hydrogen-bond acceptors (Lipinski definition) is 3. The fourth-order valence-corrected chi connectivity index (χ4v) is 3.82. The molecule has 4 rings (SSSR count). The Morgan fingerprint density at radius 2 is 1.88 bits per heavy atom. The highest BCUT2D eigenvalue weighted by Gasteiger charge is 2.35. The molecule has 2 aromatic heterocycles. The van der Waals surface area contributed by atoms with Crippen LogP contribution in [0.1, 0.15) is 43.5 Å². The highest BCUT2D eigenvalue weighted by Crippen LogP contribution is 2.40. The van der Waals surface area contributed by atoms with Crippen LogP contribution in [0.4, 0.5) is 4.39 Å². The van der Waals surface area contributed by atoms with E-state index in [1.807, 2.05) is 16.8 Å². The standard InChI is InChI=1S/C20H21FN4/c1-20(2)10-5-8-15-17(19-22-11-6-12-23-19)24-25(18(15)20)13-14-7-3-4-9-16(14)21/h3-4,6-7,9,11-12H,5,8,10,13H2,1-2H3. The summed E-state index contributed by atoms with van der Waals surface area (Å²) in [5.41, 5.74) is 3.87. The lowest BCUT2D eigenvalue weighted by atomic mass is 9.76. The van der Waals surface area contributed by atoms with Crippen molar-refractivity contribution in [2.45, 2.75) is 45.1 Å². The molecule has 1 aromatic carbocycles. The third kappa shape index (κ3) is 2.84. The van der Waals surface area contributed by atoms with Crippen molar-refractivity contribution in [1.82, 2.24) is 19.7 Å². The van der Waals surface area contributed by atoms with Crippen LogP contribution in [0.5, 0.6) is 0 Å². The van der Waals surface area contributed by atoms with Gasteiger partial charge in [-0.15, -0.1) is 0 Å². The van der Waals surface area contributed by atoms with Crippen LogP contribution in [0.3, 0.4) is 0 Å². The van der Waals surface area contributed by atoms with Gasteiger partial charge in [0, 0.05) is 34.6 Å². The highest BCUT2D eigenvalue weighted by atomic mass is 19.1. The van der Waals surface area contributed by atoms with Gasteiger partial charge in [0.1, 0.15) is 11.5 Å². The van der Waals surface area contributed by atoms with Gasteiger partial charge in [-0.1, -0.05) is 32.0 Å². The van der Waals surface area contributed by atoms with Gasteiger partial charge in [0.2, 0.25) is 0 Å². The Kier molecular flexibility index (Phi) is 3.86. The van der Waals surface area contributed by atoms with Crippen LogP contribution in [0.15, 0.2) is 42.7 Å². The molecule has 128 valence electrons. The molecule has 5 heteroatoms. The van der Waals surface area contributed by atoms with Crippen molar-refractivity contribution in [2.24, 2.45) is 0 Å². The van der Waals surface area contributed by atoms with Gasteiger partial charge in [-0.25, -0.2) is 14.4 Å². The smallest absolute Gasteiger partial charge is 0.180 e. The molecule has 0 N–H and O–H groups in total. The summed E-state index contributed by atoms with van der Waals surface area (Å²) in [4.78, 5) is 8.76. The molecule has 0 bridgehead atoms. The number of rotatable bonds is 3. The van der Waals surface area contributed by atoms with Gasteiger partial charge >= 0.3 is 0 Å². The first-order chi connectivity index (χ1) is 12.1. The molecule has 0 atom stereocenters. The zero-order valence-corrected chi connectivity index (χ0v) is 14.5. The summed E-state index contributed by atoms with van der Waals surface area (Å²) in [6.45, 7) is 4.89. The fraction of sp³-hybridized carbons (Fsp3) is 0.350. The molecule has 0 aliphatic heterocycles. The van der Waals surface area contributed by atoms with E-state index >= 15 is 0 Å². The predicted octanol–water partition coefficient (Wildman–Crippen LogP) is 4.14. The van der Waals surface area contributed by atoms with Crippen LogP contribution < -0.4 is 0 Å². The van der Waals surface area contributed by atoms with Crippen molar-refractivity contribution in [3.63, 3.8) is 0 Å². The van der Waals surface area contributed by atoms with Crippen molar-refractivity contribution in [1.29, 1.82) is 0 Å². The lowest BCUT2D eigenvalue weighted by Gasteiger charge is -2.31. The number of aromatic nitrogens is 4. The van der Waals surface area contributed by atoms with Crippen LogP contribution in [0.25, 0.3) is 11.5 Å². The quantitative estimate of drug-likeness (QED) is 0.722. The average molecular weight is 336 g/mol. The maximum Gasteiger partial charge on any atom is 0.180 e. The Morgan fingerprint density at radius 1 is 1.12 bits per heavy atom. The molecule has 0 saturated heterocycles. The maximum atomic E-state index is 14.2. The zero-order chi connectivity index (χ0) is 17.4. The van der Waals surface area contributed by atoms with E-state index in [4.69, 9.17) is 5.10 Å². The lowest BCUT2D eigenvalue weighted by molar-refractivity contribution is 0.394. The van der Waals surface area contributed by atoms with Gasteiger partial charge in [0.05, 0.1) is 6.54 Å². The molecule has 3 aromatic rings. The minimum atomic E-state index is -0.196. The third-order valence-corrected chi connectivity index (χ3v) is 4.98. The number of fused-ring (bicyclic) bond motifs is 1. The summed E-state index contributed by atoms with van der Waals surface area (Å²) in [6.07, 6.45) is 6.64. The van der Waals surface area contributed by atoms with Crippen molar-refractivity contribution in [3.8, 4) is 11.5 Å². The average Bonchev–Trinajstić information content (AvgIpc) is 2.98. The van der Waals surface area contributed by atoms with E-state index in [1.165, 1.54) is 17.3 Å². The topological polar surface area (TPSA) is 43.6 Å². The molecular formula is C20H21FN4.